The summed E-state index contributed by atoms with van der Waals surface area (Å²) in [6.45, 7) is 0.693. The number of hydrogen-bond donors (Lipinski definition) is 0. The molecule has 15 heavy (non-hydrogen) atoms. The van der Waals surface area contributed by atoms with Crippen LogP contribution in [0.25, 0.3) is 0 Å². The van der Waals surface area contributed by atoms with Gasteiger partial charge in [0, 0.05) is 6.54 Å². The van der Waals surface area contributed by atoms with Gasteiger partial charge < -0.3 is 14.4 Å². The number of rotatable bonds is 3. The molecule has 2 rings (SSSR count). The predicted octanol–water partition coefficient (Wildman–Crippen LogP) is 0.154. The topological polar surface area (TPSA) is 37.4 Å². The van der Waals surface area contributed by atoms with E-state index in [2.05, 4.69) is 0 Å². The minimum absolute atomic E-state index is 0.148. The largest absolute Gasteiger partial charge is 0.326 e. The molecule has 0 radical (unpaired) electrons. The van der Waals surface area contributed by atoms with E-state index in [0.29, 0.717) is 20.4 Å². The number of aldehydes is 1. The molecule has 0 aromatic heterocycles. The summed E-state index contributed by atoms with van der Waals surface area (Å²) < 4.78 is 0. The minimum Gasteiger partial charge on any atom is -0.326 e. The molecule has 0 bridgehead atoms. The first kappa shape index (κ1) is 10.1. The van der Waals surface area contributed by atoms with E-state index in [1.807, 2.05) is 29.1 Å². The molecule has 1 aromatic rings. The smallest absolute Gasteiger partial charge is 0.281 e. The fraction of sp³-hybridized carbons (Fsp3) is 0.273. The molecule has 1 atom stereocenters. The minimum atomic E-state index is -0.148. The highest BCUT2D eigenvalue weighted by molar-refractivity contribution is 6.64. The Morgan fingerprint density at radius 3 is 2.67 bits per heavy atom. The third kappa shape index (κ3) is 2.00. The van der Waals surface area contributed by atoms with Gasteiger partial charge in [0.05, 0.1) is 12.2 Å². The van der Waals surface area contributed by atoms with Gasteiger partial charge in [-0.2, -0.15) is 0 Å². The second kappa shape index (κ2) is 4.40. The lowest BCUT2D eigenvalue weighted by Crippen LogP contribution is -2.44. The average molecular weight is 201 g/mol. The highest BCUT2D eigenvalue weighted by Gasteiger charge is 2.25. The van der Waals surface area contributed by atoms with Gasteiger partial charge in [-0.3, -0.25) is 0 Å². The molecule has 1 aliphatic heterocycles. The van der Waals surface area contributed by atoms with Crippen LogP contribution in [-0.2, 0) is 22.6 Å². The standard InChI is InChI=1S/C11H12BNO2/c14-7-11-5-9-3-1-2-4-10(9)6-13(11)12-8-15/h1-4,7-8,11-12H,5-6H2/t11-/m1/s1. The Hall–Kier alpha value is -1.42. The van der Waals surface area contributed by atoms with Gasteiger partial charge in [-0.05, 0) is 17.5 Å². The third-order valence-electron chi connectivity index (χ3n) is 2.86. The quantitative estimate of drug-likeness (QED) is 0.516. The Kier molecular flexibility index (Phi) is 2.97. The van der Waals surface area contributed by atoms with Crippen molar-refractivity contribution in [2.24, 2.45) is 0 Å². The van der Waals surface area contributed by atoms with Crippen LogP contribution < -0.4 is 0 Å². The molecule has 0 fully saturated rings. The van der Waals surface area contributed by atoms with Crippen LogP contribution in [0.15, 0.2) is 24.3 Å². The van der Waals surface area contributed by atoms with Crippen LogP contribution in [-0.4, -0.2) is 30.7 Å². The number of benzene rings is 1. The van der Waals surface area contributed by atoms with Crippen LogP contribution in [0.3, 0.4) is 0 Å². The molecule has 0 unspecified atom stereocenters. The zero-order valence-electron chi connectivity index (χ0n) is 8.43. The molecule has 4 heteroatoms. The van der Waals surface area contributed by atoms with Gasteiger partial charge in [0.15, 0.2) is 0 Å². The lowest BCUT2D eigenvalue weighted by molar-refractivity contribution is -0.111. The molecule has 1 heterocycles. The van der Waals surface area contributed by atoms with Crippen molar-refractivity contribution in [2.45, 2.75) is 19.0 Å². The van der Waals surface area contributed by atoms with Crippen molar-refractivity contribution in [1.29, 1.82) is 0 Å². The van der Waals surface area contributed by atoms with E-state index in [9.17, 15) is 9.59 Å². The van der Waals surface area contributed by atoms with Crippen molar-refractivity contribution < 1.29 is 9.59 Å². The van der Waals surface area contributed by atoms with E-state index in [4.69, 9.17) is 0 Å². The Morgan fingerprint density at radius 1 is 1.27 bits per heavy atom. The maximum Gasteiger partial charge on any atom is 0.281 e. The van der Waals surface area contributed by atoms with Crippen molar-refractivity contribution in [2.75, 3.05) is 0 Å². The maximum absolute atomic E-state index is 10.9. The third-order valence-corrected chi connectivity index (χ3v) is 2.86. The second-order valence-electron chi connectivity index (χ2n) is 3.77. The molecule has 0 N–H and O–H groups in total. The molecule has 0 saturated heterocycles. The van der Waals surface area contributed by atoms with E-state index in [0.717, 1.165) is 12.5 Å². The van der Waals surface area contributed by atoms with Gasteiger partial charge in [0.1, 0.15) is 6.29 Å². The van der Waals surface area contributed by atoms with E-state index in [1.54, 1.807) is 0 Å². The lowest BCUT2D eigenvalue weighted by Gasteiger charge is -2.32. The fourth-order valence-corrected chi connectivity index (χ4v) is 2.03. The highest BCUT2D eigenvalue weighted by atomic mass is 16.1. The van der Waals surface area contributed by atoms with Crippen molar-refractivity contribution in [3.63, 3.8) is 0 Å². The Labute approximate surface area is 89.3 Å². The van der Waals surface area contributed by atoms with Gasteiger partial charge in [-0.25, -0.2) is 0 Å². The summed E-state index contributed by atoms with van der Waals surface area (Å²) in [5.74, 6) is 0. The number of fused-ring (bicyclic) bond motifs is 1. The Balaban J connectivity index is 2.26. The monoisotopic (exact) mass is 201 g/mol. The number of hydrogen-bond acceptors (Lipinski definition) is 3. The summed E-state index contributed by atoms with van der Waals surface area (Å²) in [7, 11) is 0.331. The van der Waals surface area contributed by atoms with Crippen molar-refractivity contribution in [3.8, 4) is 0 Å². The van der Waals surface area contributed by atoms with E-state index in [-0.39, 0.29) is 6.04 Å². The molecule has 1 aliphatic rings. The molecule has 0 aliphatic carbocycles. The van der Waals surface area contributed by atoms with E-state index >= 15 is 0 Å². The average Bonchev–Trinajstić information content (AvgIpc) is 2.28. The molecular weight excluding hydrogens is 189 g/mol. The second-order valence-corrected chi connectivity index (χ2v) is 3.77. The van der Waals surface area contributed by atoms with Crippen molar-refractivity contribution >= 4 is 19.9 Å². The van der Waals surface area contributed by atoms with Gasteiger partial charge in [-0.1, -0.05) is 24.3 Å². The summed E-state index contributed by atoms with van der Waals surface area (Å²) in [6.07, 6.45) is 2.50. The highest BCUT2D eigenvalue weighted by Crippen LogP contribution is 2.21. The molecule has 76 valence electrons. The molecule has 3 nitrogen and oxygen atoms in total. The zero-order valence-corrected chi connectivity index (χ0v) is 8.43. The summed E-state index contributed by atoms with van der Waals surface area (Å²) in [5, 5.41) is 0. The first-order chi connectivity index (χ1) is 7.35. The normalized spacial score (nSPS) is 20.4. The first-order valence-corrected chi connectivity index (χ1v) is 5.05. The molecule has 0 amide bonds. The zero-order chi connectivity index (χ0) is 10.7. The summed E-state index contributed by atoms with van der Waals surface area (Å²) in [5.41, 5.74) is 2.44. The van der Waals surface area contributed by atoms with Gasteiger partial charge in [0.25, 0.3) is 7.41 Å². The molecule has 1 aromatic carbocycles. The van der Waals surface area contributed by atoms with Crippen LogP contribution in [0.5, 0.6) is 0 Å². The molecule has 0 spiro atoms. The Morgan fingerprint density at radius 2 is 2.00 bits per heavy atom. The SMILES string of the molecule is O=CBN1Cc2ccccc2C[C@@H]1C=O. The van der Waals surface area contributed by atoms with Crippen molar-refractivity contribution in [1.82, 2.24) is 4.81 Å². The van der Waals surface area contributed by atoms with Crippen molar-refractivity contribution in [3.05, 3.63) is 35.4 Å². The van der Waals surface area contributed by atoms with E-state index < -0.39 is 0 Å². The van der Waals surface area contributed by atoms with Crippen LogP contribution in [0.2, 0.25) is 0 Å². The number of carbonyl (C=O) groups is 2. The number of nitrogens with zero attached hydrogens (tertiary/aromatic N) is 1. The van der Waals surface area contributed by atoms with Crippen LogP contribution in [0.1, 0.15) is 11.1 Å². The maximum atomic E-state index is 10.9. The Bertz CT molecular complexity index is 381. The van der Waals surface area contributed by atoms with Crippen LogP contribution in [0.4, 0.5) is 0 Å². The van der Waals surface area contributed by atoms with Crippen LogP contribution in [0, 0.1) is 0 Å². The summed E-state index contributed by atoms with van der Waals surface area (Å²) >= 11 is 0. The first-order valence-electron chi connectivity index (χ1n) is 5.05. The van der Waals surface area contributed by atoms with E-state index in [1.165, 1.54) is 11.1 Å². The summed E-state index contributed by atoms with van der Waals surface area (Å²) in [6, 6.07) is 7.91. The van der Waals surface area contributed by atoms with Gasteiger partial charge in [0.2, 0.25) is 0 Å². The molecular formula is C11H12BNO2. The number of carbonyl (C=O) groups excluding carboxylic acids is 2. The predicted molar refractivity (Wildman–Crippen MR) is 59.4 cm³/mol. The summed E-state index contributed by atoms with van der Waals surface area (Å²) in [4.78, 5) is 23.3. The fourth-order valence-electron chi connectivity index (χ4n) is 2.03. The van der Waals surface area contributed by atoms with Crippen LogP contribution >= 0.6 is 0 Å². The lowest BCUT2D eigenvalue weighted by atomic mass is 9.84. The van der Waals surface area contributed by atoms with Gasteiger partial charge >= 0.3 is 0 Å². The van der Waals surface area contributed by atoms with Gasteiger partial charge in [-0.15, -0.1) is 0 Å². The molecule has 0 saturated carbocycles.